The van der Waals surface area contributed by atoms with Crippen LogP contribution in [-0.2, 0) is 6.54 Å². The van der Waals surface area contributed by atoms with Crippen molar-refractivity contribution in [2.45, 2.75) is 32.9 Å². The highest BCUT2D eigenvalue weighted by atomic mass is 32.1. The van der Waals surface area contributed by atoms with Gasteiger partial charge in [0.05, 0.1) is 11.2 Å². The molecule has 0 fully saturated rings. The zero-order valence-electron chi connectivity index (χ0n) is 10.1. The van der Waals surface area contributed by atoms with E-state index >= 15 is 0 Å². The molecular formula is C11H21N3S. The van der Waals surface area contributed by atoms with E-state index in [9.17, 15) is 0 Å². The van der Waals surface area contributed by atoms with Crippen LogP contribution in [-0.4, -0.2) is 36.6 Å². The normalized spacial score (nSPS) is 13.4. The third-order valence-electron chi connectivity index (χ3n) is 2.77. The van der Waals surface area contributed by atoms with Crippen molar-refractivity contribution in [3.8, 4) is 0 Å². The lowest BCUT2D eigenvalue weighted by atomic mass is 10.2. The second-order valence-corrected chi connectivity index (χ2v) is 4.84. The summed E-state index contributed by atoms with van der Waals surface area (Å²) in [6, 6.07) is 0.608. The van der Waals surface area contributed by atoms with Crippen LogP contribution in [0.1, 0.15) is 23.9 Å². The highest BCUT2D eigenvalue weighted by Gasteiger charge is 2.13. The number of rotatable bonds is 6. The molecule has 0 saturated heterocycles. The first-order valence-corrected chi connectivity index (χ1v) is 6.30. The van der Waals surface area contributed by atoms with E-state index in [1.165, 1.54) is 17.0 Å². The van der Waals surface area contributed by atoms with Gasteiger partial charge in [-0.3, -0.25) is 4.90 Å². The van der Waals surface area contributed by atoms with E-state index in [1.54, 1.807) is 11.3 Å². The first kappa shape index (κ1) is 12.6. The lowest BCUT2D eigenvalue weighted by Gasteiger charge is -2.26. The molecule has 0 bridgehead atoms. The Hall–Kier alpha value is -0.450. The average Bonchev–Trinajstić information content (AvgIpc) is 2.60. The van der Waals surface area contributed by atoms with Crippen LogP contribution in [0.3, 0.4) is 0 Å². The topological polar surface area (TPSA) is 28.2 Å². The summed E-state index contributed by atoms with van der Waals surface area (Å²) in [5.41, 5.74) is 3.10. The van der Waals surface area contributed by atoms with Crippen LogP contribution >= 0.6 is 11.3 Å². The van der Waals surface area contributed by atoms with Crippen LogP contribution in [0.4, 0.5) is 0 Å². The molecule has 0 aromatic carbocycles. The highest BCUT2D eigenvalue weighted by Crippen LogP contribution is 2.16. The van der Waals surface area contributed by atoms with Gasteiger partial charge in [0.1, 0.15) is 0 Å². The Morgan fingerprint density at radius 2 is 2.33 bits per heavy atom. The smallest absolute Gasteiger partial charge is 0.0798 e. The molecule has 0 saturated carbocycles. The SMILES string of the molecule is CCC(CNC)N(C)Cc1scnc1C. The number of aryl methyl sites for hydroxylation is 1. The molecule has 0 aliphatic heterocycles. The third-order valence-corrected chi connectivity index (χ3v) is 3.69. The van der Waals surface area contributed by atoms with E-state index in [2.05, 4.69) is 36.1 Å². The van der Waals surface area contributed by atoms with Crippen LogP contribution in [0.25, 0.3) is 0 Å². The summed E-state index contributed by atoms with van der Waals surface area (Å²) >= 11 is 1.75. The first-order chi connectivity index (χ1) is 7.19. The van der Waals surface area contributed by atoms with E-state index in [0.29, 0.717) is 6.04 Å². The van der Waals surface area contributed by atoms with Crippen molar-refractivity contribution in [1.29, 1.82) is 0 Å². The van der Waals surface area contributed by atoms with Crippen LogP contribution in [0.5, 0.6) is 0 Å². The van der Waals surface area contributed by atoms with E-state index < -0.39 is 0 Å². The Kier molecular flexibility index (Phi) is 5.22. The fourth-order valence-electron chi connectivity index (χ4n) is 1.68. The second-order valence-electron chi connectivity index (χ2n) is 3.90. The standard InChI is InChI=1S/C11H21N3S/c1-5-10(6-12-3)14(4)7-11-9(2)13-8-15-11/h8,10,12H,5-7H2,1-4H3. The molecule has 1 rings (SSSR count). The molecule has 0 spiro atoms. The summed E-state index contributed by atoms with van der Waals surface area (Å²) in [5.74, 6) is 0. The van der Waals surface area contributed by atoms with Gasteiger partial charge < -0.3 is 5.32 Å². The van der Waals surface area contributed by atoms with Crippen molar-refractivity contribution in [2.75, 3.05) is 20.6 Å². The summed E-state index contributed by atoms with van der Waals surface area (Å²) in [6.07, 6.45) is 1.18. The number of nitrogens with one attached hydrogen (secondary N) is 1. The van der Waals surface area contributed by atoms with Crippen LogP contribution in [0.15, 0.2) is 5.51 Å². The monoisotopic (exact) mass is 227 g/mol. The van der Waals surface area contributed by atoms with Crippen molar-refractivity contribution in [2.24, 2.45) is 0 Å². The van der Waals surface area contributed by atoms with Crippen LogP contribution in [0, 0.1) is 6.92 Å². The number of hydrogen-bond acceptors (Lipinski definition) is 4. The number of nitrogens with zero attached hydrogens (tertiary/aromatic N) is 2. The van der Waals surface area contributed by atoms with E-state index in [0.717, 1.165) is 13.1 Å². The largest absolute Gasteiger partial charge is 0.318 e. The quantitative estimate of drug-likeness (QED) is 0.804. The molecule has 1 atom stereocenters. The molecule has 0 amide bonds. The van der Waals surface area contributed by atoms with Crippen molar-refractivity contribution < 1.29 is 0 Å². The summed E-state index contributed by atoms with van der Waals surface area (Å²) < 4.78 is 0. The molecule has 1 unspecified atom stereocenters. The lowest BCUT2D eigenvalue weighted by Crippen LogP contribution is -2.38. The second kappa shape index (κ2) is 6.20. The molecule has 1 aromatic rings. The Morgan fingerprint density at radius 1 is 1.60 bits per heavy atom. The molecule has 15 heavy (non-hydrogen) atoms. The fourth-order valence-corrected chi connectivity index (χ4v) is 2.52. The van der Waals surface area contributed by atoms with Gasteiger partial charge in [0, 0.05) is 24.0 Å². The Balaban J connectivity index is 2.53. The maximum Gasteiger partial charge on any atom is 0.0798 e. The third kappa shape index (κ3) is 3.55. The van der Waals surface area contributed by atoms with Gasteiger partial charge >= 0.3 is 0 Å². The Morgan fingerprint density at radius 3 is 2.80 bits per heavy atom. The predicted octanol–water partition coefficient (Wildman–Crippen LogP) is 1.88. The van der Waals surface area contributed by atoms with E-state index in [1.807, 2.05) is 12.6 Å². The van der Waals surface area contributed by atoms with E-state index in [-0.39, 0.29) is 0 Å². The lowest BCUT2D eigenvalue weighted by molar-refractivity contribution is 0.226. The molecule has 1 heterocycles. The zero-order chi connectivity index (χ0) is 11.3. The van der Waals surface area contributed by atoms with Crippen molar-refractivity contribution in [3.63, 3.8) is 0 Å². The van der Waals surface area contributed by atoms with E-state index in [4.69, 9.17) is 0 Å². The maximum atomic E-state index is 4.28. The molecule has 0 aliphatic rings. The minimum Gasteiger partial charge on any atom is -0.318 e. The van der Waals surface area contributed by atoms with Crippen LogP contribution < -0.4 is 5.32 Å². The van der Waals surface area contributed by atoms with Gasteiger partial charge in [-0.1, -0.05) is 6.92 Å². The average molecular weight is 227 g/mol. The highest BCUT2D eigenvalue weighted by molar-refractivity contribution is 7.09. The molecule has 0 radical (unpaired) electrons. The first-order valence-electron chi connectivity index (χ1n) is 5.42. The number of thiazole rings is 1. The number of likely N-dealkylation sites (N-methyl/N-ethyl adjacent to an activating group) is 2. The van der Waals surface area contributed by atoms with Crippen molar-refractivity contribution in [1.82, 2.24) is 15.2 Å². The van der Waals surface area contributed by atoms with Gasteiger partial charge in [-0.15, -0.1) is 11.3 Å². The van der Waals surface area contributed by atoms with Gasteiger partial charge in [-0.05, 0) is 27.4 Å². The minimum absolute atomic E-state index is 0.608. The minimum atomic E-state index is 0.608. The summed E-state index contributed by atoms with van der Waals surface area (Å²) in [4.78, 5) is 8.06. The Bertz CT molecular complexity index is 285. The molecule has 1 aromatic heterocycles. The molecule has 0 aliphatic carbocycles. The Labute approximate surface area is 96.5 Å². The number of aromatic nitrogens is 1. The molecule has 86 valence electrons. The predicted molar refractivity (Wildman–Crippen MR) is 66.3 cm³/mol. The van der Waals surface area contributed by atoms with Gasteiger partial charge in [0.15, 0.2) is 0 Å². The van der Waals surface area contributed by atoms with Gasteiger partial charge in [0.25, 0.3) is 0 Å². The van der Waals surface area contributed by atoms with Gasteiger partial charge in [-0.2, -0.15) is 0 Å². The maximum absolute atomic E-state index is 4.28. The molecule has 3 nitrogen and oxygen atoms in total. The molecular weight excluding hydrogens is 206 g/mol. The molecule has 4 heteroatoms. The fraction of sp³-hybridized carbons (Fsp3) is 0.727. The zero-order valence-corrected chi connectivity index (χ0v) is 10.9. The van der Waals surface area contributed by atoms with Gasteiger partial charge in [-0.25, -0.2) is 4.98 Å². The van der Waals surface area contributed by atoms with Crippen molar-refractivity contribution >= 4 is 11.3 Å². The number of hydrogen-bond donors (Lipinski definition) is 1. The van der Waals surface area contributed by atoms with Crippen LogP contribution in [0.2, 0.25) is 0 Å². The van der Waals surface area contributed by atoms with Crippen molar-refractivity contribution in [3.05, 3.63) is 16.1 Å². The molecule has 1 N–H and O–H groups in total. The van der Waals surface area contributed by atoms with Gasteiger partial charge in [0.2, 0.25) is 0 Å². The summed E-state index contributed by atoms with van der Waals surface area (Å²) in [6.45, 7) is 6.37. The summed E-state index contributed by atoms with van der Waals surface area (Å²) in [5, 5.41) is 3.24. The summed E-state index contributed by atoms with van der Waals surface area (Å²) in [7, 11) is 4.19.